The number of aromatic nitrogens is 2. The van der Waals surface area contributed by atoms with Crippen molar-refractivity contribution in [3.05, 3.63) is 47.2 Å². The lowest BCUT2D eigenvalue weighted by molar-refractivity contribution is 0.318. The van der Waals surface area contributed by atoms with Crippen LogP contribution in [0.1, 0.15) is 5.69 Å². The predicted molar refractivity (Wildman–Crippen MR) is 70.1 cm³/mol. The molecule has 2 rings (SSSR count). The number of pyridine rings is 2. The van der Waals surface area contributed by atoms with Crippen LogP contribution >= 0.6 is 23.4 Å². The van der Waals surface area contributed by atoms with E-state index < -0.39 is 0 Å². The molecule has 92 valence electrons. The maximum absolute atomic E-state index is 8.59. The minimum absolute atomic E-state index is 0.0264. The van der Waals surface area contributed by atoms with E-state index in [2.05, 4.69) is 15.1 Å². The van der Waals surface area contributed by atoms with Crippen molar-refractivity contribution in [3.8, 4) is 0 Å². The summed E-state index contributed by atoms with van der Waals surface area (Å²) in [6, 6.07) is 8.80. The van der Waals surface area contributed by atoms with Crippen molar-refractivity contribution in [2.24, 2.45) is 10.9 Å². The van der Waals surface area contributed by atoms with Crippen molar-refractivity contribution in [2.45, 2.75) is 10.1 Å². The topological polar surface area (TPSA) is 84.4 Å². The van der Waals surface area contributed by atoms with Gasteiger partial charge in [-0.2, -0.15) is 0 Å². The normalized spacial score (nSPS) is 11.5. The Hall–Kier alpha value is -1.79. The Kier molecular flexibility index (Phi) is 4.01. The maximum Gasteiger partial charge on any atom is 0.188 e. The van der Waals surface area contributed by atoms with Gasteiger partial charge in [0.1, 0.15) is 15.7 Å². The summed E-state index contributed by atoms with van der Waals surface area (Å²) < 4.78 is 0. The summed E-state index contributed by atoms with van der Waals surface area (Å²) in [5, 5.41) is 13.5. The van der Waals surface area contributed by atoms with Crippen molar-refractivity contribution < 1.29 is 5.21 Å². The van der Waals surface area contributed by atoms with E-state index in [1.807, 2.05) is 6.07 Å². The van der Waals surface area contributed by atoms with Crippen LogP contribution < -0.4 is 5.73 Å². The zero-order chi connectivity index (χ0) is 13.0. The third kappa shape index (κ3) is 3.12. The average Bonchev–Trinajstić information content (AvgIpc) is 2.41. The van der Waals surface area contributed by atoms with Gasteiger partial charge in [0, 0.05) is 6.20 Å². The van der Waals surface area contributed by atoms with Crippen LogP contribution in [0.15, 0.2) is 51.7 Å². The first-order chi connectivity index (χ1) is 8.69. The van der Waals surface area contributed by atoms with Gasteiger partial charge < -0.3 is 10.9 Å². The zero-order valence-corrected chi connectivity index (χ0v) is 10.7. The fraction of sp³-hybridized carbons (Fsp3) is 0. The summed E-state index contributed by atoms with van der Waals surface area (Å²) in [6.07, 6.45) is 1.57. The second-order valence-electron chi connectivity index (χ2n) is 3.26. The van der Waals surface area contributed by atoms with Crippen LogP contribution in [0, 0.1) is 0 Å². The number of oxime groups is 1. The van der Waals surface area contributed by atoms with Gasteiger partial charge in [-0.05, 0) is 24.3 Å². The molecule has 0 bridgehead atoms. The summed E-state index contributed by atoms with van der Waals surface area (Å²) in [6.45, 7) is 0. The van der Waals surface area contributed by atoms with Crippen LogP contribution in [0.25, 0.3) is 0 Å². The van der Waals surface area contributed by atoms with E-state index in [1.54, 1.807) is 30.5 Å². The van der Waals surface area contributed by atoms with Gasteiger partial charge in [0.15, 0.2) is 5.84 Å². The highest BCUT2D eigenvalue weighted by Crippen LogP contribution is 2.24. The third-order valence-electron chi connectivity index (χ3n) is 2.00. The molecule has 2 aromatic heterocycles. The molecule has 0 saturated heterocycles. The molecular weight excluding hydrogens is 272 g/mol. The maximum atomic E-state index is 8.59. The monoisotopic (exact) mass is 280 g/mol. The zero-order valence-electron chi connectivity index (χ0n) is 9.12. The van der Waals surface area contributed by atoms with E-state index in [9.17, 15) is 0 Å². The first-order valence-electron chi connectivity index (χ1n) is 4.93. The van der Waals surface area contributed by atoms with Crippen molar-refractivity contribution in [1.82, 2.24) is 9.97 Å². The largest absolute Gasteiger partial charge is 0.409 e. The molecule has 7 heteroatoms. The van der Waals surface area contributed by atoms with Gasteiger partial charge in [0.2, 0.25) is 0 Å². The predicted octanol–water partition coefficient (Wildman–Crippen LogP) is 2.38. The van der Waals surface area contributed by atoms with Gasteiger partial charge in [-0.15, -0.1) is 0 Å². The number of hydrogen-bond acceptors (Lipinski definition) is 5. The lowest BCUT2D eigenvalue weighted by Crippen LogP contribution is -2.14. The molecule has 0 amide bonds. The molecule has 2 aromatic rings. The summed E-state index contributed by atoms with van der Waals surface area (Å²) in [4.78, 5) is 8.38. The minimum Gasteiger partial charge on any atom is -0.409 e. The second kappa shape index (κ2) is 5.70. The highest BCUT2D eigenvalue weighted by atomic mass is 35.5. The van der Waals surface area contributed by atoms with Crippen molar-refractivity contribution >= 4 is 29.2 Å². The third-order valence-corrected chi connectivity index (χ3v) is 3.11. The summed E-state index contributed by atoms with van der Waals surface area (Å²) >= 11 is 7.12. The summed E-state index contributed by atoms with van der Waals surface area (Å²) in [7, 11) is 0. The van der Waals surface area contributed by atoms with Crippen molar-refractivity contribution in [3.63, 3.8) is 0 Å². The van der Waals surface area contributed by atoms with Gasteiger partial charge >= 0.3 is 0 Å². The van der Waals surface area contributed by atoms with E-state index in [4.69, 9.17) is 22.5 Å². The van der Waals surface area contributed by atoms with Gasteiger partial charge in [0.25, 0.3) is 0 Å². The SMILES string of the molecule is NC(=NO)c1cccc(Sc2ccc(Cl)cn2)n1. The molecule has 0 aliphatic rings. The lowest BCUT2D eigenvalue weighted by atomic mass is 10.3. The molecule has 18 heavy (non-hydrogen) atoms. The van der Waals surface area contributed by atoms with E-state index >= 15 is 0 Å². The number of amidine groups is 1. The quantitative estimate of drug-likeness (QED) is 0.390. The summed E-state index contributed by atoms with van der Waals surface area (Å²) in [5.74, 6) is -0.0264. The Morgan fingerprint density at radius 2 is 2.11 bits per heavy atom. The van der Waals surface area contributed by atoms with Crippen molar-refractivity contribution in [2.75, 3.05) is 0 Å². The number of nitrogens with zero attached hydrogens (tertiary/aromatic N) is 3. The highest BCUT2D eigenvalue weighted by Gasteiger charge is 2.04. The van der Waals surface area contributed by atoms with Gasteiger partial charge in [-0.3, -0.25) is 0 Å². The molecule has 3 N–H and O–H groups in total. The van der Waals surface area contributed by atoms with Crippen LogP contribution in [0.5, 0.6) is 0 Å². The first kappa shape index (κ1) is 12.7. The number of nitrogens with two attached hydrogens (primary N) is 1. The molecule has 0 spiro atoms. The van der Waals surface area contributed by atoms with Gasteiger partial charge in [0.05, 0.1) is 5.02 Å². The molecule has 0 aliphatic heterocycles. The van der Waals surface area contributed by atoms with Gasteiger partial charge in [-0.25, -0.2) is 9.97 Å². The molecule has 2 heterocycles. The van der Waals surface area contributed by atoms with E-state index in [1.165, 1.54) is 11.8 Å². The van der Waals surface area contributed by atoms with Gasteiger partial charge in [-0.1, -0.05) is 34.6 Å². The Morgan fingerprint density at radius 3 is 2.78 bits per heavy atom. The Balaban J connectivity index is 2.22. The van der Waals surface area contributed by atoms with E-state index in [-0.39, 0.29) is 5.84 Å². The Bertz CT molecular complexity index is 574. The molecule has 0 fully saturated rings. The first-order valence-corrected chi connectivity index (χ1v) is 6.13. The Labute approximate surface area is 113 Å². The van der Waals surface area contributed by atoms with E-state index in [0.29, 0.717) is 15.7 Å². The smallest absolute Gasteiger partial charge is 0.188 e. The van der Waals surface area contributed by atoms with Crippen LogP contribution in [0.2, 0.25) is 5.02 Å². The average molecular weight is 281 g/mol. The molecule has 0 atom stereocenters. The van der Waals surface area contributed by atoms with E-state index in [0.717, 1.165) is 5.03 Å². The lowest BCUT2D eigenvalue weighted by Gasteiger charge is -2.02. The number of rotatable bonds is 3. The Morgan fingerprint density at radius 1 is 1.28 bits per heavy atom. The molecule has 0 aliphatic carbocycles. The molecular formula is C11H9ClN4OS. The fourth-order valence-corrected chi connectivity index (χ4v) is 2.05. The summed E-state index contributed by atoms with van der Waals surface area (Å²) in [5.41, 5.74) is 5.88. The van der Waals surface area contributed by atoms with Crippen molar-refractivity contribution in [1.29, 1.82) is 0 Å². The molecule has 0 radical (unpaired) electrons. The molecule has 0 aromatic carbocycles. The molecule has 5 nitrogen and oxygen atoms in total. The number of halogens is 1. The fourth-order valence-electron chi connectivity index (χ4n) is 1.20. The minimum atomic E-state index is -0.0264. The number of hydrogen-bond donors (Lipinski definition) is 2. The van der Waals surface area contributed by atoms with Crippen LogP contribution in [-0.2, 0) is 0 Å². The van der Waals surface area contributed by atoms with Crippen LogP contribution in [-0.4, -0.2) is 21.0 Å². The molecule has 0 unspecified atom stereocenters. The molecule has 0 saturated carbocycles. The highest BCUT2D eigenvalue weighted by molar-refractivity contribution is 7.99. The van der Waals surface area contributed by atoms with Crippen LogP contribution in [0.3, 0.4) is 0 Å². The van der Waals surface area contributed by atoms with Crippen LogP contribution in [0.4, 0.5) is 0 Å². The second-order valence-corrected chi connectivity index (χ2v) is 4.74. The standard InChI is InChI=1S/C11H9ClN4OS/c12-7-4-5-9(14-6-7)18-10-3-1-2-8(15-10)11(13)16-17/h1-6,17H,(H2,13,16).